The summed E-state index contributed by atoms with van der Waals surface area (Å²) in [5.74, 6) is 2.00. The number of aliphatic hydroxyl groups excluding tert-OH is 1. The second-order valence-electron chi connectivity index (χ2n) is 5.55. The molecule has 0 spiro atoms. The molecule has 0 radical (unpaired) electrons. The number of carbonyl (C=O) groups excluding carboxylic acids is 1. The van der Waals surface area contributed by atoms with Gasteiger partial charge < -0.3 is 10.0 Å². The smallest absolute Gasteiger partial charge is 0.274 e. The Morgan fingerprint density at radius 2 is 2.24 bits per heavy atom. The third-order valence-electron chi connectivity index (χ3n) is 4.12. The Labute approximate surface area is 129 Å². The third-order valence-corrected chi connectivity index (χ3v) is 5.07. The minimum atomic E-state index is -0.359. The zero-order valence-electron chi connectivity index (χ0n) is 12.1. The van der Waals surface area contributed by atoms with Gasteiger partial charge in [-0.15, -0.1) is 6.58 Å². The van der Waals surface area contributed by atoms with Crippen LogP contribution >= 0.6 is 11.8 Å². The van der Waals surface area contributed by atoms with Crippen molar-refractivity contribution in [1.29, 1.82) is 0 Å². The van der Waals surface area contributed by atoms with Crippen LogP contribution in [0, 0.1) is 0 Å². The van der Waals surface area contributed by atoms with Crippen molar-refractivity contribution < 1.29 is 9.90 Å². The molecule has 2 heterocycles. The molecular weight excluding hydrogens is 286 g/mol. The molecule has 1 N–H and O–H groups in total. The third kappa shape index (κ3) is 2.87. The molecular formula is C15H21N3O2S. The van der Waals surface area contributed by atoms with Gasteiger partial charge in [0, 0.05) is 42.3 Å². The number of rotatable bonds is 3. The van der Waals surface area contributed by atoms with E-state index in [4.69, 9.17) is 0 Å². The number of nitrogens with zero attached hydrogens (tertiary/aromatic N) is 3. The Bertz CT molecular complexity index is 549. The summed E-state index contributed by atoms with van der Waals surface area (Å²) in [4.78, 5) is 14.6. The molecule has 3 rings (SSSR count). The molecule has 1 amide bonds. The summed E-state index contributed by atoms with van der Waals surface area (Å²) < 4.78 is 1.88. The number of fused-ring (bicyclic) bond motifs is 1. The Morgan fingerprint density at radius 3 is 2.95 bits per heavy atom. The van der Waals surface area contributed by atoms with E-state index in [1.54, 1.807) is 6.08 Å². The number of thioether (sulfide) groups is 1. The topological polar surface area (TPSA) is 58.4 Å². The van der Waals surface area contributed by atoms with Crippen LogP contribution in [-0.4, -0.2) is 56.4 Å². The van der Waals surface area contributed by atoms with Gasteiger partial charge in [-0.25, -0.2) is 0 Å². The molecule has 0 aromatic carbocycles. The van der Waals surface area contributed by atoms with Gasteiger partial charge in [-0.2, -0.15) is 16.9 Å². The summed E-state index contributed by atoms with van der Waals surface area (Å²) in [6, 6.07) is 0. The van der Waals surface area contributed by atoms with Crippen LogP contribution < -0.4 is 0 Å². The number of allylic oxidation sites excluding steroid dienone is 1. The number of hydrogen-bond acceptors (Lipinski definition) is 4. The Hall–Kier alpha value is -1.27. The first-order valence-corrected chi connectivity index (χ1v) is 8.60. The predicted molar refractivity (Wildman–Crippen MR) is 83.7 cm³/mol. The fraction of sp³-hybridized carbons (Fsp3) is 0.600. The van der Waals surface area contributed by atoms with Crippen molar-refractivity contribution in [3.8, 4) is 0 Å². The second kappa shape index (κ2) is 6.23. The maximum Gasteiger partial charge on any atom is 0.274 e. The lowest BCUT2D eigenvalue weighted by Crippen LogP contribution is -2.38. The highest BCUT2D eigenvalue weighted by Crippen LogP contribution is 2.26. The molecule has 0 saturated carbocycles. The van der Waals surface area contributed by atoms with Crippen molar-refractivity contribution in [2.24, 2.45) is 0 Å². The standard InChI is InChI=1S/C15H21N3O2S/c1-2-5-18-13-4-3-11(19)10-12(13)14(16-18)15(20)17-6-8-21-9-7-17/h2,11,19H,1,3-10H2. The van der Waals surface area contributed by atoms with Crippen molar-refractivity contribution in [2.75, 3.05) is 24.6 Å². The van der Waals surface area contributed by atoms with Crippen LogP contribution in [-0.2, 0) is 19.4 Å². The SMILES string of the molecule is C=CCn1nc(C(=O)N2CCSCC2)c2c1CCC(O)C2. The zero-order valence-corrected chi connectivity index (χ0v) is 12.9. The second-order valence-corrected chi connectivity index (χ2v) is 6.77. The van der Waals surface area contributed by atoms with E-state index in [1.165, 1.54) is 0 Å². The van der Waals surface area contributed by atoms with E-state index in [1.807, 2.05) is 21.3 Å². The summed E-state index contributed by atoms with van der Waals surface area (Å²) in [5, 5.41) is 14.5. The highest BCUT2D eigenvalue weighted by atomic mass is 32.2. The van der Waals surface area contributed by atoms with Gasteiger partial charge in [0.15, 0.2) is 5.69 Å². The number of aliphatic hydroxyl groups is 1. The van der Waals surface area contributed by atoms with Crippen molar-refractivity contribution >= 4 is 17.7 Å². The molecule has 1 aromatic rings. The number of carbonyl (C=O) groups is 1. The molecule has 6 heteroatoms. The largest absolute Gasteiger partial charge is 0.393 e. The molecule has 1 unspecified atom stereocenters. The van der Waals surface area contributed by atoms with E-state index in [9.17, 15) is 9.90 Å². The molecule has 1 atom stereocenters. The molecule has 114 valence electrons. The summed E-state index contributed by atoms with van der Waals surface area (Å²) >= 11 is 1.88. The van der Waals surface area contributed by atoms with Gasteiger partial charge in [-0.3, -0.25) is 9.48 Å². The van der Waals surface area contributed by atoms with Crippen LogP contribution in [0.5, 0.6) is 0 Å². The van der Waals surface area contributed by atoms with E-state index in [0.717, 1.165) is 48.7 Å². The first-order chi connectivity index (χ1) is 10.2. The van der Waals surface area contributed by atoms with Crippen LogP contribution in [0.4, 0.5) is 0 Å². The predicted octanol–water partition coefficient (Wildman–Crippen LogP) is 1.11. The molecule has 1 aliphatic carbocycles. The van der Waals surface area contributed by atoms with E-state index >= 15 is 0 Å². The molecule has 0 bridgehead atoms. The lowest BCUT2D eigenvalue weighted by Gasteiger charge is -2.26. The Kier molecular flexibility index (Phi) is 4.35. The van der Waals surface area contributed by atoms with Crippen molar-refractivity contribution in [1.82, 2.24) is 14.7 Å². The number of aromatic nitrogens is 2. The van der Waals surface area contributed by atoms with E-state index in [2.05, 4.69) is 11.7 Å². The normalized spacial score (nSPS) is 22.0. The van der Waals surface area contributed by atoms with Gasteiger partial charge in [0.2, 0.25) is 0 Å². The lowest BCUT2D eigenvalue weighted by molar-refractivity contribution is 0.0763. The van der Waals surface area contributed by atoms with Gasteiger partial charge in [-0.05, 0) is 12.8 Å². The lowest BCUT2D eigenvalue weighted by atomic mass is 9.93. The van der Waals surface area contributed by atoms with Gasteiger partial charge in [0.1, 0.15) is 0 Å². The molecule has 1 fully saturated rings. The van der Waals surface area contributed by atoms with Gasteiger partial charge in [-0.1, -0.05) is 6.08 Å². The van der Waals surface area contributed by atoms with Crippen LogP contribution in [0.2, 0.25) is 0 Å². The van der Waals surface area contributed by atoms with Gasteiger partial charge in [0.05, 0.1) is 12.6 Å². The van der Waals surface area contributed by atoms with Crippen molar-refractivity contribution in [3.05, 3.63) is 29.6 Å². The zero-order chi connectivity index (χ0) is 14.8. The summed E-state index contributed by atoms with van der Waals surface area (Å²) in [6.07, 6.45) is 3.49. The highest BCUT2D eigenvalue weighted by Gasteiger charge is 2.30. The van der Waals surface area contributed by atoms with Gasteiger partial charge in [0.25, 0.3) is 5.91 Å². The fourth-order valence-corrected chi connectivity index (χ4v) is 3.93. The van der Waals surface area contributed by atoms with Crippen molar-refractivity contribution in [2.45, 2.75) is 31.9 Å². The fourth-order valence-electron chi connectivity index (χ4n) is 3.03. The molecule has 1 aliphatic heterocycles. The monoisotopic (exact) mass is 307 g/mol. The first kappa shape index (κ1) is 14.7. The molecule has 2 aliphatic rings. The molecule has 1 aromatic heterocycles. The maximum absolute atomic E-state index is 12.7. The molecule has 21 heavy (non-hydrogen) atoms. The van der Waals surface area contributed by atoms with Crippen molar-refractivity contribution in [3.63, 3.8) is 0 Å². The quantitative estimate of drug-likeness (QED) is 0.850. The molecule has 1 saturated heterocycles. The average Bonchev–Trinajstić information content (AvgIpc) is 2.86. The van der Waals surface area contributed by atoms with E-state index < -0.39 is 0 Å². The summed E-state index contributed by atoms with van der Waals surface area (Å²) in [6.45, 7) is 5.94. The van der Waals surface area contributed by atoms with Gasteiger partial charge >= 0.3 is 0 Å². The van der Waals surface area contributed by atoms with E-state index in [0.29, 0.717) is 18.7 Å². The van der Waals surface area contributed by atoms with Crippen LogP contribution in [0.15, 0.2) is 12.7 Å². The van der Waals surface area contributed by atoms with Crippen LogP contribution in [0.3, 0.4) is 0 Å². The first-order valence-electron chi connectivity index (χ1n) is 7.45. The van der Waals surface area contributed by atoms with Crippen LogP contribution in [0.1, 0.15) is 28.2 Å². The molecule has 5 nitrogen and oxygen atoms in total. The van der Waals surface area contributed by atoms with E-state index in [-0.39, 0.29) is 12.0 Å². The summed E-state index contributed by atoms with van der Waals surface area (Å²) in [7, 11) is 0. The Balaban J connectivity index is 1.93. The number of amides is 1. The average molecular weight is 307 g/mol. The van der Waals surface area contributed by atoms with Crippen LogP contribution in [0.25, 0.3) is 0 Å². The Morgan fingerprint density at radius 1 is 1.48 bits per heavy atom. The number of hydrogen-bond donors (Lipinski definition) is 1. The minimum absolute atomic E-state index is 0.0171. The minimum Gasteiger partial charge on any atom is -0.393 e. The maximum atomic E-state index is 12.7. The highest BCUT2D eigenvalue weighted by molar-refractivity contribution is 7.99. The summed E-state index contributed by atoms with van der Waals surface area (Å²) in [5.41, 5.74) is 2.58.